The lowest BCUT2D eigenvalue weighted by Gasteiger charge is -2.07. The van der Waals surface area contributed by atoms with Gasteiger partial charge in [-0.15, -0.1) is 0 Å². The first-order valence-corrected chi connectivity index (χ1v) is 7.15. The molecule has 3 aromatic rings. The molecule has 1 aromatic heterocycles. The summed E-state index contributed by atoms with van der Waals surface area (Å²) < 4.78 is 6.82. The van der Waals surface area contributed by atoms with Crippen molar-refractivity contribution < 1.29 is 9.52 Å². The summed E-state index contributed by atoms with van der Waals surface area (Å²) in [6.45, 7) is 2.04. The molecule has 3 rings (SSSR count). The van der Waals surface area contributed by atoms with Crippen molar-refractivity contribution in [1.82, 2.24) is 0 Å². The van der Waals surface area contributed by atoms with Crippen molar-refractivity contribution in [2.45, 2.75) is 13.0 Å². The zero-order chi connectivity index (χ0) is 13.4. The van der Waals surface area contributed by atoms with Crippen LogP contribution in [0.25, 0.3) is 11.0 Å². The lowest BCUT2D eigenvalue weighted by molar-refractivity contribution is 0.192. The summed E-state index contributed by atoms with van der Waals surface area (Å²) in [6.07, 6.45) is -0.720. The molecule has 1 unspecified atom stereocenters. The van der Waals surface area contributed by atoms with E-state index in [2.05, 4.69) is 28.7 Å². The van der Waals surface area contributed by atoms with Gasteiger partial charge in [-0.1, -0.05) is 23.8 Å². The average molecular weight is 364 g/mol. The normalized spacial score (nSPS) is 12.8. The van der Waals surface area contributed by atoms with Gasteiger partial charge in [0.15, 0.2) is 0 Å². The van der Waals surface area contributed by atoms with Gasteiger partial charge in [-0.05, 0) is 65.4 Å². The quantitative estimate of drug-likeness (QED) is 0.683. The second kappa shape index (κ2) is 4.98. The molecule has 19 heavy (non-hydrogen) atoms. The van der Waals surface area contributed by atoms with Gasteiger partial charge in [0.2, 0.25) is 0 Å². The molecule has 0 aliphatic heterocycles. The molecule has 0 aliphatic rings. The Hall–Kier alpha value is -1.33. The molecule has 0 aliphatic carbocycles. The van der Waals surface area contributed by atoms with Crippen molar-refractivity contribution in [3.63, 3.8) is 0 Å². The Morgan fingerprint density at radius 2 is 1.95 bits per heavy atom. The van der Waals surface area contributed by atoms with Crippen molar-refractivity contribution in [2.24, 2.45) is 0 Å². The van der Waals surface area contributed by atoms with E-state index in [1.807, 2.05) is 49.4 Å². The molecule has 3 heteroatoms. The maximum atomic E-state index is 10.4. The fraction of sp³-hybridized carbons (Fsp3) is 0.125. The van der Waals surface area contributed by atoms with Gasteiger partial charge in [-0.3, -0.25) is 0 Å². The summed E-state index contributed by atoms with van der Waals surface area (Å²) in [4.78, 5) is 0. The molecular formula is C16H13IO2. The average Bonchev–Trinajstić information content (AvgIpc) is 2.80. The summed E-state index contributed by atoms with van der Waals surface area (Å²) in [6, 6.07) is 15.7. The standard InChI is InChI=1S/C16H13IO2/c1-10-5-6-14-12(7-10)9-15(19-14)16(18)11-3-2-4-13(17)8-11/h2-9,16,18H,1H3. The highest BCUT2D eigenvalue weighted by Gasteiger charge is 2.15. The van der Waals surface area contributed by atoms with Crippen LogP contribution in [0.3, 0.4) is 0 Å². The van der Waals surface area contributed by atoms with E-state index in [4.69, 9.17) is 4.42 Å². The van der Waals surface area contributed by atoms with Crippen LogP contribution in [0.15, 0.2) is 52.9 Å². The Kier molecular flexibility index (Phi) is 3.33. The third kappa shape index (κ3) is 2.53. The topological polar surface area (TPSA) is 33.4 Å². The number of halogens is 1. The molecule has 2 aromatic carbocycles. The summed E-state index contributed by atoms with van der Waals surface area (Å²) in [5.74, 6) is 0.586. The molecule has 1 atom stereocenters. The fourth-order valence-corrected chi connectivity index (χ4v) is 2.73. The number of aryl methyl sites for hydroxylation is 1. The predicted octanol–water partition coefficient (Wildman–Crippen LogP) is 4.43. The Balaban J connectivity index is 2.04. The van der Waals surface area contributed by atoms with E-state index in [0.717, 1.165) is 20.1 Å². The van der Waals surface area contributed by atoms with Gasteiger partial charge in [0.1, 0.15) is 17.4 Å². The molecular weight excluding hydrogens is 351 g/mol. The van der Waals surface area contributed by atoms with Gasteiger partial charge in [-0.2, -0.15) is 0 Å². The van der Waals surface area contributed by atoms with Crippen LogP contribution in [0, 0.1) is 10.5 Å². The van der Waals surface area contributed by atoms with Gasteiger partial charge in [-0.25, -0.2) is 0 Å². The minimum Gasteiger partial charge on any atom is -0.458 e. The van der Waals surface area contributed by atoms with Crippen LogP contribution in [0.2, 0.25) is 0 Å². The monoisotopic (exact) mass is 364 g/mol. The van der Waals surface area contributed by atoms with Gasteiger partial charge >= 0.3 is 0 Å². The van der Waals surface area contributed by atoms with Crippen LogP contribution in [0.1, 0.15) is 23.0 Å². The number of aliphatic hydroxyl groups excluding tert-OH is 1. The smallest absolute Gasteiger partial charge is 0.138 e. The molecule has 0 saturated heterocycles. The van der Waals surface area contributed by atoms with Crippen LogP contribution < -0.4 is 0 Å². The highest BCUT2D eigenvalue weighted by molar-refractivity contribution is 14.1. The molecule has 0 radical (unpaired) electrons. The maximum absolute atomic E-state index is 10.4. The number of aliphatic hydroxyl groups is 1. The van der Waals surface area contributed by atoms with Crippen molar-refractivity contribution >= 4 is 33.6 Å². The number of benzene rings is 2. The first-order chi connectivity index (χ1) is 9.13. The zero-order valence-corrected chi connectivity index (χ0v) is 12.6. The predicted molar refractivity (Wildman–Crippen MR) is 84.2 cm³/mol. The number of hydrogen-bond acceptors (Lipinski definition) is 2. The van der Waals surface area contributed by atoms with Gasteiger partial charge in [0.25, 0.3) is 0 Å². The van der Waals surface area contributed by atoms with E-state index in [9.17, 15) is 5.11 Å². The summed E-state index contributed by atoms with van der Waals surface area (Å²) in [7, 11) is 0. The second-order valence-corrected chi connectivity index (χ2v) is 5.89. The van der Waals surface area contributed by atoms with Crippen LogP contribution in [0.5, 0.6) is 0 Å². The number of hydrogen-bond donors (Lipinski definition) is 1. The van der Waals surface area contributed by atoms with E-state index in [1.54, 1.807) is 0 Å². The molecule has 0 bridgehead atoms. The van der Waals surface area contributed by atoms with Crippen molar-refractivity contribution in [3.05, 3.63) is 69.0 Å². The van der Waals surface area contributed by atoms with Gasteiger partial charge < -0.3 is 9.52 Å². The molecule has 0 amide bonds. The zero-order valence-electron chi connectivity index (χ0n) is 10.4. The molecule has 1 heterocycles. The van der Waals surface area contributed by atoms with Crippen molar-refractivity contribution in [1.29, 1.82) is 0 Å². The van der Waals surface area contributed by atoms with E-state index < -0.39 is 6.10 Å². The summed E-state index contributed by atoms with van der Waals surface area (Å²) in [5.41, 5.74) is 2.84. The van der Waals surface area contributed by atoms with Gasteiger partial charge in [0, 0.05) is 8.96 Å². The molecule has 96 valence electrons. The highest BCUT2D eigenvalue weighted by atomic mass is 127. The van der Waals surface area contributed by atoms with Gasteiger partial charge in [0.05, 0.1) is 0 Å². The van der Waals surface area contributed by atoms with Crippen molar-refractivity contribution in [3.8, 4) is 0 Å². The SMILES string of the molecule is Cc1ccc2oc(C(O)c3cccc(I)c3)cc2c1. The Morgan fingerprint density at radius 1 is 1.11 bits per heavy atom. The lowest BCUT2D eigenvalue weighted by Crippen LogP contribution is -1.97. The van der Waals surface area contributed by atoms with Crippen molar-refractivity contribution in [2.75, 3.05) is 0 Å². The minimum atomic E-state index is -0.720. The lowest BCUT2D eigenvalue weighted by atomic mass is 10.1. The third-order valence-corrected chi connectivity index (χ3v) is 3.80. The van der Waals surface area contributed by atoms with E-state index in [-0.39, 0.29) is 0 Å². The van der Waals surface area contributed by atoms with Crippen LogP contribution in [-0.2, 0) is 0 Å². The number of furan rings is 1. The summed E-state index contributed by atoms with van der Waals surface area (Å²) >= 11 is 2.24. The molecule has 0 spiro atoms. The van der Waals surface area contributed by atoms with Crippen LogP contribution in [-0.4, -0.2) is 5.11 Å². The Bertz CT molecular complexity index is 730. The number of rotatable bonds is 2. The van der Waals surface area contributed by atoms with E-state index >= 15 is 0 Å². The first-order valence-electron chi connectivity index (χ1n) is 6.07. The maximum Gasteiger partial charge on any atom is 0.138 e. The largest absolute Gasteiger partial charge is 0.458 e. The third-order valence-electron chi connectivity index (χ3n) is 3.12. The molecule has 0 fully saturated rings. The number of fused-ring (bicyclic) bond motifs is 1. The molecule has 2 nitrogen and oxygen atoms in total. The van der Waals surface area contributed by atoms with E-state index in [0.29, 0.717) is 5.76 Å². The van der Waals surface area contributed by atoms with Crippen LogP contribution >= 0.6 is 22.6 Å². The van der Waals surface area contributed by atoms with Crippen LogP contribution in [0.4, 0.5) is 0 Å². The summed E-state index contributed by atoms with van der Waals surface area (Å²) in [5, 5.41) is 11.4. The highest BCUT2D eigenvalue weighted by Crippen LogP contribution is 2.29. The minimum absolute atomic E-state index is 0.586. The fourth-order valence-electron chi connectivity index (χ4n) is 2.16. The second-order valence-electron chi connectivity index (χ2n) is 4.65. The van der Waals surface area contributed by atoms with E-state index in [1.165, 1.54) is 5.56 Å². The molecule has 1 N–H and O–H groups in total. The molecule has 0 saturated carbocycles. The first kappa shape index (κ1) is 12.7. The Morgan fingerprint density at radius 3 is 2.74 bits per heavy atom. The Labute approximate surface area is 125 Å².